The molecule has 0 aliphatic rings. The Morgan fingerprint density at radius 2 is 0.698 bits per heavy atom. The van der Waals surface area contributed by atoms with Crippen molar-refractivity contribution in [2.24, 2.45) is 0 Å². The molecular weight excluding hydrogens is 665 g/mol. The molecule has 0 spiro atoms. The Kier molecular flexibility index (Phi) is 9.60. The van der Waals surface area contributed by atoms with Crippen molar-refractivity contribution in [3.8, 4) is 0 Å². The molecular formula is C21H16F21N. The number of alkyl halides is 21. The molecule has 0 atom stereocenters. The monoisotopic (exact) mass is 681 g/mol. The third-order valence-corrected chi connectivity index (χ3v) is 6.44. The van der Waals surface area contributed by atoms with Gasteiger partial charge in [-0.3, -0.25) is 0 Å². The van der Waals surface area contributed by atoms with Crippen LogP contribution in [0.15, 0.2) is 30.3 Å². The van der Waals surface area contributed by atoms with E-state index in [4.69, 9.17) is 0 Å². The van der Waals surface area contributed by atoms with Gasteiger partial charge in [0, 0.05) is 5.54 Å². The van der Waals surface area contributed by atoms with Crippen molar-refractivity contribution in [3.63, 3.8) is 0 Å². The summed E-state index contributed by atoms with van der Waals surface area (Å²) in [7, 11) is 0. The van der Waals surface area contributed by atoms with Crippen LogP contribution in [0.5, 0.6) is 0 Å². The Morgan fingerprint density at radius 1 is 0.419 bits per heavy atom. The minimum Gasteiger partial charge on any atom is -0.243 e. The van der Waals surface area contributed by atoms with E-state index in [2.05, 4.69) is 0 Å². The molecule has 0 amide bonds. The van der Waals surface area contributed by atoms with Gasteiger partial charge in [-0.05, 0) is 18.4 Å². The summed E-state index contributed by atoms with van der Waals surface area (Å²) in [6, 6.07) is -1.81. The second-order valence-corrected chi connectivity index (χ2v) is 8.95. The van der Waals surface area contributed by atoms with Gasteiger partial charge in [0.05, 0.1) is 0 Å². The van der Waals surface area contributed by atoms with Gasteiger partial charge in [0.1, 0.15) is 0 Å². The van der Waals surface area contributed by atoms with Gasteiger partial charge in [-0.25, -0.2) is 5.32 Å². The number of benzene rings is 1. The van der Waals surface area contributed by atoms with Crippen LogP contribution in [0.4, 0.5) is 92.2 Å². The van der Waals surface area contributed by atoms with Crippen molar-refractivity contribution < 1.29 is 92.2 Å². The zero-order valence-corrected chi connectivity index (χ0v) is 20.7. The summed E-state index contributed by atoms with van der Waals surface area (Å²) in [6.07, 6.45) is -9.61. The van der Waals surface area contributed by atoms with E-state index in [1.165, 1.54) is 6.07 Å². The van der Waals surface area contributed by atoms with Crippen molar-refractivity contribution in [1.29, 1.82) is 0 Å². The van der Waals surface area contributed by atoms with Gasteiger partial charge in [0.15, 0.2) is 0 Å². The lowest BCUT2D eigenvalue weighted by Gasteiger charge is -2.46. The molecule has 1 rings (SSSR count). The molecule has 0 aliphatic carbocycles. The van der Waals surface area contributed by atoms with Crippen LogP contribution < -0.4 is 5.32 Å². The standard InChI is InChI=1S/C21H16F21N/c1-3-11(4-2,10-8-6-5-7-9-10)43-21(41,42)19(36,37)17(32,33)15(28,29)13(24,25)12(22,23)14(26,27)16(30,31)18(34,35)20(38,39)40/h5-9,43H,3-4H2,1-2H3. The van der Waals surface area contributed by atoms with Crippen LogP contribution in [-0.4, -0.2) is 59.6 Å². The molecule has 0 fully saturated rings. The SMILES string of the molecule is CCC(CC)(NC(F)(F)C(F)(F)C(F)(F)C(F)(F)C(F)(F)C(F)(F)C(F)(F)C(F)(F)C(F)(F)C(F)(F)F)c1ccccc1. The molecule has 0 radical (unpaired) electrons. The summed E-state index contributed by atoms with van der Waals surface area (Å²) >= 11 is 0. The summed E-state index contributed by atoms with van der Waals surface area (Å²) in [5.74, 6) is -70.5. The van der Waals surface area contributed by atoms with Gasteiger partial charge in [-0.15, -0.1) is 0 Å². The van der Waals surface area contributed by atoms with E-state index >= 15 is 0 Å². The predicted octanol–water partition coefficient (Wildman–Crippen LogP) is 9.53. The smallest absolute Gasteiger partial charge is 0.243 e. The lowest BCUT2D eigenvalue weighted by molar-refractivity contribution is -0.475. The number of hydrogen-bond acceptors (Lipinski definition) is 1. The Labute approximate surface area is 226 Å². The second-order valence-electron chi connectivity index (χ2n) is 8.95. The lowest BCUT2D eigenvalue weighted by atomic mass is 9.83. The molecule has 0 bridgehead atoms. The van der Waals surface area contributed by atoms with E-state index in [0.29, 0.717) is 5.32 Å². The van der Waals surface area contributed by atoms with Crippen molar-refractivity contribution in [2.75, 3.05) is 0 Å². The minimum atomic E-state index is -9.19. The Bertz CT molecular complexity index is 1100. The van der Waals surface area contributed by atoms with E-state index < -0.39 is 83.5 Å². The fourth-order valence-electron chi connectivity index (χ4n) is 3.60. The molecule has 252 valence electrons. The maximum atomic E-state index is 14.6. The highest BCUT2D eigenvalue weighted by Gasteiger charge is 2.98. The van der Waals surface area contributed by atoms with E-state index in [0.717, 1.165) is 38.1 Å². The van der Waals surface area contributed by atoms with Crippen LogP contribution in [-0.2, 0) is 5.54 Å². The van der Waals surface area contributed by atoms with Crippen LogP contribution in [0, 0.1) is 0 Å². The average Bonchev–Trinajstić information content (AvgIpc) is 2.86. The maximum Gasteiger partial charge on any atom is 0.460 e. The molecule has 0 saturated heterocycles. The lowest BCUT2D eigenvalue weighted by Crippen LogP contribution is -2.78. The first-order valence-electron chi connectivity index (χ1n) is 11.0. The van der Waals surface area contributed by atoms with Gasteiger partial charge in [-0.2, -0.15) is 92.2 Å². The van der Waals surface area contributed by atoms with Crippen molar-refractivity contribution in [1.82, 2.24) is 5.32 Å². The van der Waals surface area contributed by atoms with Gasteiger partial charge >= 0.3 is 59.6 Å². The van der Waals surface area contributed by atoms with Crippen LogP contribution >= 0.6 is 0 Å². The first kappa shape index (κ1) is 38.7. The van der Waals surface area contributed by atoms with Crippen LogP contribution in [0.25, 0.3) is 0 Å². The number of rotatable bonds is 13. The average molecular weight is 681 g/mol. The highest BCUT2D eigenvalue weighted by molar-refractivity contribution is 5.26. The molecule has 1 aromatic rings. The van der Waals surface area contributed by atoms with Gasteiger partial charge < -0.3 is 0 Å². The fourth-order valence-corrected chi connectivity index (χ4v) is 3.60. The number of hydrogen-bond donors (Lipinski definition) is 1. The van der Waals surface area contributed by atoms with Gasteiger partial charge in [0.2, 0.25) is 0 Å². The third-order valence-electron chi connectivity index (χ3n) is 6.44. The Morgan fingerprint density at radius 3 is 0.977 bits per heavy atom. The van der Waals surface area contributed by atoms with Crippen molar-refractivity contribution >= 4 is 0 Å². The van der Waals surface area contributed by atoms with Crippen molar-refractivity contribution in [2.45, 2.75) is 91.8 Å². The molecule has 43 heavy (non-hydrogen) atoms. The molecule has 0 aliphatic heterocycles. The quantitative estimate of drug-likeness (QED) is 0.162. The summed E-state index contributed by atoms with van der Waals surface area (Å²) in [5, 5.41) is 0.501. The molecule has 1 aromatic carbocycles. The van der Waals surface area contributed by atoms with E-state index in [-0.39, 0.29) is 0 Å². The summed E-state index contributed by atoms with van der Waals surface area (Å²) in [5.41, 5.74) is -3.08. The third kappa shape index (κ3) is 5.15. The van der Waals surface area contributed by atoms with E-state index in [9.17, 15) is 92.2 Å². The summed E-state index contributed by atoms with van der Waals surface area (Å²) in [4.78, 5) is 0. The molecule has 0 saturated carbocycles. The number of halogens is 21. The Hall–Kier alpha value is -2.29. The number of nitrogens with one attached hydrogen (secondary N) is 1. The molecule has 1 nitrogen and oxygen atoms in total. The topological polar surface area (TPSA) is 12.0 Å². The zero-order valence-electron chi connectivity index (χ0n) is 20.7. The maximum absolute atomic E-state index is 14.6. The zero-order chi connectivity index (χ0) is 34.7. The normalized spacial score (nSPS) is 16.1. The largest absolute Gasteiger partial charge is 0.460 e. The highest BCUT2D eigenvalue weighted by Crippen LogP contribution is 2.66. The fraction of sp³-hybridized carbons (Fsp3) is 0.714. The van der Waals surface area contributed by atoms with Gasteiger partial charge in [0.25, 0.3) is 0 Å². The van der Waals surface area contributed by atoms with Crippen LogP contribution in [0.2, 0.25) is 0 Å². The van der Waals surface area contributed by atoms with Gasteiger partial charge in [-0.1, -0.05) is 44.2 Å². The highest BCUT2D eigenvalue weighted by atomic mass is 19.4. The first-order chi connectivity index (χ1) is 18.7. The molecule has 0 heterocycles. The van der Waals surface area contributed by atoms with Crippen molar-refractivity contribution in [3.05, 3.63) is 35.9 Å². The van der Waals surface area contributed by atoms with Crippen LogP contribution in [0.3, 0.4) is 0 Å². The minimum absolute atomic E-state index is 0.463. The Balaban J connectivity index is 3.81. The second kappa shape index (κ2) is 10.7. The predicted molar refractivity (Wildman–Crippen MR) is 102 cm³/mol. The molecule has 22 heteroatoms. The molecule has 1 N–H and O–H groups in total. The summed E-state index contributed by atoms with van der Waals surface area (Å²) < 4.78 is 286. The van der Waals surface area contributed by atoms with Crippen LogP contribution in [0.1, 0.15) is 32.3 Å². The summed E-state index contributed by atoms with van der Waals surface area (Å²) in [6.45, 7) is 1.83. The van der Waals surface area contributed by atoms with E-state index in [1.807, 2.05) is 0 Å². The molecule has 0 aromatic heterocycles. The van der Waals surface area contributed by atoms with E-state index in [1.54, 1.807) is 0 Å². The first-order valence-corrected chi connectivity index (χ1v) is 11.0. The molecule has 0 unspecified atom stereocenters.